The molecular formula is C17H25N3O2. The molecule has 2 heterocycles. The van der Waals surface area contributed by atoms with Gasteiger partial charge in [-0.15, -0.1) is 0 Å². The van der Waals surface area contributed by atoms with Crippen molar-refractivity contribution < 1.29 is 9.53 Å². The molecule has 0 atom stereocenters. The smallest absolute Gasteiger partial charge is 0.317 e. The van der Waals surface area contributed by atoms with Crippen LogP contribution in [-0.2, 0) is 6.54 Å². The fourth-order valence-electron chi connectivity index (χ4n) is 3.41. The standard InChI is InChI=1S/C17H25N3O2/c1-22-16-5-2-4-14(12-16)13-19-10-6-15(7-11-19)20-9-3-8-18-17(20)21/h2,4-5,12,15H,3,6-11,13H2,1H3,(H,18,21). The Hall–Kier alpha value is -1.75. The van der Waals surface area contributed by atoms with E-state index >= 15 is 0 Å². The molecule has 1 aromatic carbocycles. The van der Waals surface area contributed by atoms with Crippen LogP contribution in [0.15, 0.2) is 24.3 Å². The minimum absolute atomic E-state index is 0.123. The van der Waals surface area contributed by atoms with Gasteiger partial charge < -0.3 is 15.0 Å². The third-order valence-electron chi connectivity index (χ3n) is 4.65. The van der Waals surface area contributed by atoms with Crippen LogP contribution in [-0.4, -0.2) is 55.2 Å². The summed E-state index contributed by atoms with van der Waals surface area (Å²) in [4.78, 5) is 16.4. The van der Waals surface area contributed by atoms with E-state index in [1.54, 1.807) is 7.11 Å². The maximum absolute atomic E-state index is 11.9. The van der Waals surface area contributed by atoms with Crippen LogP contribution in [0.4, 0.5) is 4.79 Å². The fraction of sp³-hybridized carbons (Fsp3) is 0.588. The monoisotopic (exact) mass is 303 g/mol. The lowest BCUT2D eigenvalue weighted by molar-refractivity contribution is 0.109. The molecule has 0 radical (unpaired) electrons. The largest absolute Gasteiger partial charge is 0.497 e. The van der Waals surface area contributed by atoms with Crippen molar-refractivity contribution in [2.45, 2.75) is 31.8 Å². The summed E-state index contributed by atoms with van der Waals surface area (Å²) in [5.74, 6) is 0.914. The second kappa shape index (κ2) is 7.01. The van der Waals surface area contributed by atoms with Crippen molar-refractivity contribution in [1.29, 1.82) is 0 Å². The lowest BCUT2D eigenvalue weighted by Gasteiger charge is -2.40. The summed E-state index contributed by atoms with van der Waals surface area (Å²) >= 11 is 0. The van der Waals surface area contributed by atoms with Gasteiger partial charge in [-0.3, -0.25) is 4.90 Å². The highest BCUT2D eigenvalue weighted by Gasteiger charge is 2.29. The summed E-state index contributed by atoms with van der Waals surface area (Å²) in [6.45, 7) is 4.78. The number of hydrogen-bond donors (Lipinski definition) is 1. The van der Waals surface area contributed by atoms with Crippen LogP contribution in [0.1, 0.15) is 24.8 Å². The Morgan fingerprint density at radius 1 is 1.27 bits per heavy atom. The number of hydrogen-bond acceptors (Lipinski definition) is 3. The molecule has 1 N–H and O–H groups in total. The molecule has 5 heteroatoms. The maximum Gasteiger partial charge on any atom is 0.317 e. The van der Waals surface area contributed by atoms with Crippen molar-refractivity contribution in [2.75, 3.05) is 33.3 Å². The molecule has 0 bridgehead atoms. The molecule has 2 fully saturated rings. The molecule has 0 aliphatic carbocycles. The molecule has 0 spiro atoms. The first-order valence-electron chi connectivity index (χ1n) is 8.16. The molecule has 2 amide bonds. The molecule has 0 saturated carbocycles. The van der Waals surface area contributed by atoms with Gasteiger partial charge in [-0.2, -0.15) is 0 Å². The van der Waals surface area contributed by atoms with Gasteiger partial charge >= 0.3 is 6.03 Å². The Labute approximate surface area is 132 Å². The number of benzene rings is 1. The summed E-state index contributed by atoms with van der Waals surface area (Å²) in [5, 5.41) is 2.95. The van der Waals surface area contributed by atoms with Gasteiger partial charge in [0.2, 0.25) is 0 Å². The molecule has 1 aromatic rings. The third kappa shape index (κ3) is 3.53. The topological polar surface area (TPSA) is 44.8 Å². The number of carbonyl (C=O) groups excluding carboxylic acids is 1. The molecule has 0 unspecified atom stereocenters. The van der Waals surface area contributed by atoms with E-state index in [9.17, 15) is 4.79 Å². The number of methoxy groups -OCH3 is 1. The summed E-state index contributed by atoms with van der Waals surface area (Å²) in [6, 6.07) is 8.79. The third-order valence-corrected chi connectivity index (χ3v) is 4.65. The van der Waals surface area contributed by atoms with Crippen LogP contribution in [0.25, 0.3) is 0 Å². The van der Waals surface area contributed by atoms with E-state index in [0.717, 1.165) is 57.7 Å². The van der Waals surface area contributed by atoms with E-state index in [0.29, 0.717) is 6.04 Å². The minimum Gasteiger partial charge on any atom is -0.497 e. The van der Waals surface area contributed by atoms with Gasteiger partial charge in [-0.05, 0) is 37.0 Å². The van der Waals surface area contributed by atoms with Gasteiger partial charge in [0.25, 0.3) is 0 Å². The van der Waals surface area contributed by atoms with E-state index in [2.05, 4.69) is 22.3 Å². The van der Waals surface area contributed by atoms with E-state index in [1.165, 1.54) is 5.56 Å². The van der Waals surface area contributed by atoms with Crippen LogP contribution >= 0.6 is 0 Å². The second-order valence-corrected chi connectivity index (χ2v) is 6.14. The zero-order valence-corrected chi connectivity index (χ0v) is 13.3. The molecule has 5 nitrogen and oxygen atoms in total. The summed E-state index contributed by atoms with van der Waals surface area (Å²) in [6.07, 6.45) is 3.20. The zero-order valence-electron chi connectivity index (χ0n) is 13.3. The first-order valence-corrected chi connectivity index (χ1v) is 8.16. The van der Waals surface area contributed by atoms with Crippen molar-refractivity contribution in [3.63, 3.8) is 0 Å². The Morgan fingerprint density at radius 3 is 2.82 bits per heavy atom. The highest BCUT2D eigenvalue weighted by Crippen LogP contribution is 2.21. The number of nitrogens with zero attached hydrogens (tertiary/aromatic N) is 2. The van der Waals surface area contributed by atoms with Crippen LogP contribution in [0.5, 0.6) is 5.75 Å². The van der Waals surface area contributed by atoms with Crippen molar-refractivity contribution in [1.82, 2.24) is 15.1 Å². The molecule has 120 valence electrons. The van der Waals surface area contributed by atoms with E-state index in [4.69, 9.17) is 4.74 Å². The van der Waals surface area contributed by atoms with Crippen LogP contribution in [0.3, 0.4) is 0 Å². The SMILES string of the molecule is COc1cccc(CN2CCC(N3CCCNC3=O)CC2)c1. The van der Waals surface area contributed by atoms with Crippen molar-refractivity contribution in [3.05, 3.63) is 29.8 Å². The van der Waals surface area contributed by atoms with E-state index in [-0.39, 0.29) is 6.03 Å². The van der Waals surface area contributed by atoms with Crippen LogP contribution in [0.2, 0.25) is 0 Å². The van der Waals surface area contributed by atoms with Crippen LogP contribution in [0, 0.1) is 0 Å². The Morgan fingerprint density at radius 2 is 2.09 bits per heavy atom. The number of ether oxygens (including phenoxy) is 1. The predicted molar refractivity (Wildman–Crippen MR) is 86.0 cm³/mol. The molecule has 2 aliphatic heterocycles. The normalized spacial score (nSPS) is 20.8. The van der Waals surface area contributed by atoms with Crippen molar-refractivity contribution in [3.8, 4) is 5.75 Å². The summed E-state index contributed by atoms with van der Waals surface area (Å²) in [5.41, 5.74) is 1.29. The van der Waals surface area contributed by atoms with Gasteiger partial charge in [-0.25, -0.2) is 4.79 Å². The number of amides is 2. The van der Waals surface area contributed by atoms with Crippen molar-refractivity contribution >= 4 is 6.03 Å². The zero-order chi connectivity index (χ0) is 15.4. The first-order chi connectivity index (χ1) is 10.8. The predicted octanol–water partition coefficient (Wildman–Crippen LogP) is 2.07. The number of carbonyl (C=O) groups is 1. The number of piperidine rings is 1. The van der Waals surface area contributed by atoms with E-state index < -0.39 is 0 Å². The Bertz CT molecular complexity index is 512. The quantitative estimate of drug-likeness (QED) is 0.926. The van der Waals surface area contributed by atoms with Gasteiger partial charge in [-0.1, -0.05) is 12.1 Å². The highest BCUT2D eigenvalue weighted by atomic mass is 16.5. The second-order valence-electron chi connectivity index (χ2n) is 6.14. The molecule has 2 aliphatic rings. The highest BCUT2D eigenvalue weighted by molar-refractivity contribution is 5.75. The van der Waals surface area contributed by atoms with Gasteiger partial charge in [0, 0.05) is 38.8 Å². The molecule has 22 heavy (non-hydrogen) atoms. The Balaban J connectivity index is 1.52. The first kappa shape index (κ1) is 15.2. The number of nitrogens with one attached hydrogen (secondary N) is 1. The fourth-order valence-corrected chi connectivity index (χ4v) is 3.41. The van der Waals surface area contributed by atoms with E-state index in [1.807, 2.05) is 17.0 Å². The lowest BCUT2D eigenvalue weighted by atomic mass is 10.0. The number of likely N-dealkylation sites (tertiary alicyclic amines) is 1. The maximum atomic E-state index is 11.9. The van der Waals surface area contributed by atoms with Gasteiger partial charge in [0.05, 0.1) is 7.11 Å². The average Bonchev–Trinajstić information content (AvgIpc) is 2.56. The van der Waals surface area contributed by atoms with Crippen LogP contribution < -0.4 is 10.1 Å². The summed E-state index contributed by atoms with van der Waals surface area (Å²) < 4.78 is 5.28. The van der Waals surface area contributed by atoms with Gasteiger partial charge in [0.1, 0.15) is 5.75 Å². The molecule has 2 saturated heterocycles. The molecule has 0 aromatic heterocycles. The lowest BCUT2D eigenvalue weighted by Crippen LogP contribution is -2.54. The Kier molecular flexibility index (Phi) is 4.83. The molecular weight excluding hydrogens is 278 g/mol. The number of rotatable bonds is 4. The summed E-state index contributed by atoms with van der Waals surface area (Å²) in [7, 11) is 1.70. The van der Waals surface area contributed by atoms with Crippen molar-refractivity contribution in [2.24, 2.45) is 0 Å². The number of urea groups is 1. The average molecular weight is 303 g/mol. The van der Waals surface area contributed by atoms with Gasteiger partial charge in [0.15, 0.2) is 0 Å². The molecule has 3 rings (SSSR count). The minimum atomic E-state index is 0.123.